The average molecular weight is 392 g/mol. The highest BCUT2D eigenvalue weighted by Crippen LogP contribution is 2.62. The summed E-state index contributed by atoms with van der Waals surface area (Å²) < 4.78 is 0. The molecule has 4 aliphatic carbocycles. The fourth-order valence-corrected chi connectivity index (χ4v) is 6.93. The van der Waals surface area contributed by atoms with Gasteiger partial charge in [-0.3, -0.25) is 0 Å². The molecule has 4 bridgehead atoms. The van der Waals surface area contributed by atoms with Gasteiger partial charge in [0.2, 0.25) is 0 Å². The fraction of sp³-hybridized carbons (Fsp3) is 0.636. The average Bonchev–Trinajstić information content (AvgIpc) is 3.09. The van der Waals surface area contributed by atoms with Crippen LogP contribution in [0.15, 0.2) is 23.6 Å². The molecule has 2 atom stereocenters. The Hall–Kier alpha value is -1.86. The zero-order valence-corrected chi connectivity index (χ0v) is 17.1. The van der Waals surface area contributed by atoms with Crippen molar-refractivity contribution in [3.05, 3.63) is 24.0 Å². The quantitative estimate of drug-likeness (QED) is 0.701. The van der Waals surface area contributed by atoms with E-state index in [4.69, 9.17) is 5.10 Å². The van der Waals surface area contributed by atoms with Crippen LogP contribution in [0.5, 0.6) is 0 Å². The molecule has 1 unspecified atom stereocenters. The van der Waals surface area contributed by atoms with Crippen molar-refractivity contribution < 1.29 is 10.1 Å². The SMILES string of the molecule is CCCN1N=C(C23CCC[C@@](O)(CC4CC2C4)C3)c2c(cnc3[nH]ccc23)B1O. The van der Waals surface area contributed by atoms with E-state index in [2.05, 4.69) is 23.0 Å². The van der Waals surface area contributed by atoms with Gasteiger partial charge < -0.3 is 20.0 Å². The third kappa shape index (κ3) is 2.43. The number of fused-ring (bicyclic) bond motifs is 3. The number of nitrogens with one attached hydrogen (secondary N) is 1. The van der Waals surface area contributed by atoms with E-state index in [1.54, 1.807) is 0 Å². The summed E-state index contributed by atoms with van der Waals surface area (Å²) >= 11 is 0. The second-order valence-corrected chi connectivity index (χ2v) is 9.96. The van der Waals surface area contributed by atoms with Crippen LogP contribution in [0.1, 0.15) is 63.9 Å². The van der Waals surface area contributed by atoms with Crippen LogP contribution in [-0.4, -0.2) is 49.9 Å². The lowest BCUT2D eigenvalue weighted by molar-refractivity contribution is -0.0304. The standard InChI is InChI=1S/C22H29BN4O2/c1-2-8-27-23(29)17-12-25-20-16(4-7-24-20)18(17)19(26-27)22-6-3-5-21(28,13-22)11-14-9-15(22)10-14/h4,7,12,14-15,28-29H,2-3,5-6,8-11,13H2,1H3,(H,24,25)/t14?,15?,21-,22?/m1/s1. The highest BCUT2D eigenvalue weighted by Gasteiger charge is 2.60. The summed E-state index contributed by atoms with van der Waals surface area (Å²) in [5.41, 5.74) is 3.20. The van der Waals surface area contributed by atoms with Crippen LogP contribution in [0.4, 0.5) is 0 Å². The molecule has 0 radical (unpaired) electrons. The van der Waals surface area contributed by atoms with Gasteiger partial charge in [-0.25, -0.2) is 4.98 Å². The van der Waals surface area contributed by atoms with Crippen molar-refractivity contribution in [2.24, 2.45) is 22.4 Å². The normalized spacial score (nSPS) is 35.8. The first kappa shape index (κ1) is 18.0. The molecule has 3 N–H and O–H groups in total. The van der Waals surface area contributed by atoms with Gasteiger partial charge in [-0.05, 0) is 69.3 Å². The minimum Gasteiger partial charge on any atom is -0.428 e. The maximum absolute atomic E-state index is 11.5. The lowest BCUT2D eigenvalue weighted by atomic mass is 9.53. The van der Waals surface area contributed by atoms with E-state index in [9.17, 15) is 10.1 Å². The van der Waals surface area contributed by atoms with Gasteiger partial charge in [-0.1, -0.05) is 6.92 Å². The summed E-state index contributed by atoms with van der Waals surface area (Å²) in [6, 6.07) is 2.06. The second-order valence-electron chi connectivity index (χ2n) is 9.96. The maximum Gasteiger partial charge on any atom is 0.468 e. The van der Waals surface area contributed by atoms with Gasteiger partial charge in [-0.15, -0.1) is 0 Å². The summed E-state index contributed by atoms with van der Waals surface area (Å²) in [7, 11) is -0.765. The number of aliphatic hydroxyl groups is 1. The molecule has 0 saturated heterocycles. The molecule has 0 aromatic carbocycles. The fourth-order valence-electron chi connectivity index (χ4n) is 6.93. The van der Waals surface area contributed by atoms with Crippen LogP contribution in [0.3, 0.4) is 0 Å². The first-order valence-electron chi connectivity index (χ1n) is 11.3. The van der Waals surface area contributed by atoms with Crippen LogP contribution in [0, 0.1) is 17.3 Å². The molecular weight excluding hydrogens is 363 g/mol. The van der Waals surface area contributed by atoms with Crippen molar-refractivity contribution >= 4 is 29.3 Å². The van der Waals surface area contributed by atoms with Crippen molar-refractivity contribution in [3.63, 3.8) is 0 Å². The van der Waals surface area contributed by atoms with E-state index in [0.29, 0.717) is 18.4 Å². The molecule has 7 heteroatoms. The van der Waals surface area contributed by atoms with E-state index < -0.39 is 12.7 Å². The van der Waals surface area contributed by atoms with E-state index in [1.165, 1.54) is 12.8 Å². The minimum atomic E-state index is -0.765. The van der Waals surface area contributed by atoms with E-state index in [-0.39, 0.29) is 5.41 Å². The third-order valence-corrected chi connectivity index (χ3v) is 8.16. The number of pyridine rings is 1. The van der Waals surface area contributed by atoms with Crippen molar-refractivity contribution in [1.82, 2.24) is 14.9 Å². The summed E-state index contributed by atoms with van der Waals surface area (Å²) in [5, 5.41) is 28.8. The lowest BCUT2D eigenvalue weighted by Crippen LogP contribution is -2.57. The number of hydrogen-bond donors (Lipinski definition) is 3. The van der Waals surface area contributed by atoms with Crippen LogP contribution in [0.2, 0.25) is 0 Å². The topological polar surface area (TPSA) is 84.7 Å². The van der Waals surface area contributed by atoms with Crippen LogP contribution < -0.4 is 5.46 Å². The second kappa shape index (κ2) is 6.08. The molecule has 152 valence electrons. The van der Waals surface area contributed by atoms with Crippen LogP contribution >= 0.6 is 0 Å². The summed E-state index contributed by atoms with van der Waals surface area (Å²) in [5.74, 6) is 1.24. The molecule has 3 heterocycles. The predicted molar refractivity (Wildman–Crippen MR) is 114 cm³/mol. The van der Waals surface area contributed by atoms with Gasteiger partial charge in [0, 0.05) is 40.8 Å². The van der Waals surface area contributed by atoms with Crippen molar-refractivity contribution in [1.29, 1.82) is 0 Å². The Morgan fingerprint density at radius 2 is 2.21 bits per heavy atom. The largest absolute Gasteiger partial charge is 0.468 e. The Labute approximate surface area is 171 Å². The third-order valence-electron chi connectivity index (χ3n) is 8.16. The summed E-state index contributed by atoms with van der Waals surface area (Å²) in [6.45, 7) is 2.83. The van der Waals surface area contributed by atoms with Crippen LogP contribution in [-0.2, 0) is 0 Å². The van der Waals surface area contributed by atoms with E-state index in [1.807, 2.05) is 17.3 Å². The Bertz CT molecular complexity index is 1000. The first-order chi connectivity index (χ1) is 14.0. The highest BCUT2D eigenvalue weighted by atomic mass is 16.3. The Balaban J connectivity index is 1.59. The molecule has 4 saturated carbocycles. The van der Waals surface area contributed by atoms with Crippen molar-refractivity contribution in [2.75, 3.05) is 6.54 Å². The molecule has 7 rings (SSSR count). The predicted octanol–water partition coefficient (Wildman–Crippen LogP) is 2.40. The van der Waals surface area contributed by atoms with Crippen molar-refractivity contribution in [2.45, 2.75) is 63.9 Å². The van der Waals surface area contributed by atoms with Gasteiger partial charge >= 0.3 is 7.05 Å². The maximum atomic E-state index is 11.5. The molecule has 0 amide bonds. The molecule has 4 fully saturated rings. The number of hydrazone groups is 1. The van der Waals surface area contributed by atoms with Gasteiger partial charge in [0.25, 0.3) is 0 Å². The van der Waals surface area contributed by atoms with Gasteiger partial charge in [0.1, 0.15) is 5.65 Å². The first-order valence-corrected chi connectivity index (χ1v) is 11.3. The molecule has 0 spiro atoms. The highest BCUT2D eigenvalue weighted by molar-refractivity contribution is 6.66. The number of H-pyrrole nitrogens is 1. The number of rotatable bonds is 3. The number of aromatic amines is 1. The number of aromatic nitrogens is 2. The number of hydrogen-bond acceptors (Lipinski definition) is 5. The van der Waals surface area contributed by atoms with Gasteiger partial charge in [-0.2, -0.15) is 5.10 Å². The van der Waals surface area contributed by atoms with Crippen LogP contribution in [0.25, 0.3) is 11.0 Å². The molecule has 29 heavy (non-hydrogen) atoms. The molecular formula is C22H29BN4O2. The smallest absolute Gasteiger partial charge is 0.428 e. The molecule has 5 aliphatic rings. The summed E-state index contributed by atoms with van der Waals surface area (Å²) in [6.07, 6.45) is 11.9. The molecule has 1 aliphatic heterocycles. The van der Waals surface area contributed by atoms with E-state index in [0.717, 1.165) is 66.3 Å². The van der Waals surface area contributed by atoms with Gasteiger partial charge in [0.15, 0.2) is 0 Å². The van der Waals surface area contributed by atoms with Crippen molar-refractivity contribution in [3.8, 4) is 0 Å². The molecule has 6 nitrogen and oxygen atoms in total. The Morgan fingerprint density at radius 3 is 3.03 bits per heavy atom. The Kier molecular flexibility index (Phi) is 3.76. The molecule has 2 aromatic heterocycles. The Morgan fingerprint density at radius 1 is 1.34 bits per heavy atom. The zero-order valence-electron chi connectivity index (χ0n) is 17.1. The summed E-state index contributed by atoms with van der Waals surface area (Å²) in [4.78, 5) is 9.65. The zero-order chi connectivity index (χ0) is 19.8. The monoisotopic (exact) mass is 392 g/mol. The molecule has 2 aromatic rings. The number of nitrogens with zero attached hydrogens (tertiary/aromatic N) is 3. The lowest BCUT2D eigenvalue weighted by Gasteiger charge is -2.51. The minimum absolute atomic E-state index is 0.105. The van der Waals surface area contributed by atoms with Gasteiger partial charge in [0.05, 0.1) is 11.3 Å². The van der Waals surface area contributed by atoms with E-state index >= 15 is 0 Å².